The van der Waals surface area contributed by atoms with Crippen molar-refractivity contribution < 1.29 is 9.18 Å². The minimum Gasteiger partial charge on any atom is -0.345 e. The first-order chi connectivity index (χ1) is 12.6. The Morgan fingerprint density at radius 2 is 1.85 bits per heavy atom. The maximum atomic E-state index is 12.9. The van der Waals surface area contributed by atoms with Crippen LogP contribution in [0.3, 0.4) is 0 Å². The monoisotopic (exact) mass is 356 g/mol. The molecule has 1 aromatic heterocycles. The molecular formula is C22H29FN2O. The van der Waals surface area contributed by atoms with E-state index in [2.05, 4.69) is 23.7 Å². The summed E-state index contributed by atoms with van der Waals surface area (Å²) < 4.78 is 15.3. The van der Waals surface area contributed by atoms with Crippen molar-refractivity contribution in [1.29, 1.82) is 0 Å². The molecule has 1 fully saturated rings. The van der Waals surface area contributed by atoms with E-state index < -0.39 is 0 Å². The van der Waals surface area contributed by atoms with Gasteiger partial charge < -0.3 is 9.88 Å². The number of hydrogen-bond acceptors (Lipinski definition) is 2. The van der Waals surface area contributed by atoms with Crippen LogP contribution >= 0.6 is 0 Å². The molecule has 1 aliphatic rings. The van der Waals surface area contributed by atoms with Crippen LogP contribution < -0.4 is 5.32 Å². The molecule has 3 rings (SSSR count). The smallest absolute Gasteiger partial charge is 0.178 e. The first-order valence-corrected chi connectivity index (χ1v) is 9.73. The summed E-state index contributed by atoms with van der Waals surface area (Å²) in [7, 11) is 0. The van der Waals surface area contributed by atoms with E-state index in [1.165, 1.54) is 49.9 Å². The number of aromatic nitrogens is 1. The fourth-order valence-electron chi connectivity index (χ4n) is 4.14. The summed E-state index contributed by atoms with van der Waals surface area (Å²) in [6.07, 6.45) is 7.14. The summed E-state index contributed by atoms with van der Waals surface area (Å²) in [6.45, 7) is 5.24. The molecule has 0 bridgehead atoms. The summed E-state index contributed by atoms with van der Waals surface area (Å²) in [5, 5.41) is 3.23. The third-order valence-corrected chi connectivity index (χ3v) is 5.51. The molecule has 26 heavy (non-hydrogen) atoms. The van der Waals surface area contributed by atoms with Crippen molar-refractivity contribution in [3.8, 4) is 0 Å². The molecule has 0 saturated heterocycles. The number of nitrogens with one attached hydrogen (secondary N) is 1. The lowest BCUT2D eigenvalue weighted by Crippen LogP contribution is -2.25. The van der Waals surface area contributed by atoms with Gasteiger partial charge in [-0.25, -0.2) is 4.39 Å². The molecule has 1 heterocycles. The zero-order valence-corrected chi connectivity index (χ0v) is 15.9. The lowest BCUT2D eigenvalue weighted by molar-refractivity contribution is 0.0990. The molecular weight excluding hydrogens is 327 g/mol. The van der Waals surface area contributed by atoms with Crippen molar-refractivity contribution in [2.75, 3.05) is 13.1 Å². The van der Waals surface area contributed by atoms with Crippen LogP contribution in [0, 0.1) is 19.7 Å². The van der Waals surface area contributed by atoms with Gasteiger partial charge >= 0.3 is 0 Å². The Hall–Kier alpha value is -1.94. The third-order valence-electron chi connectivity index (χ3n) is 5.51. The van der Waals surface area contributed by atoms with E-state index >= 15 is 0 Å². The predicted octanol–water partition coefficient (Wildman–Crippen LogP) is 4.76. The maximum absolute atomic E-state index is 12.9. The molecule has 0 spiro atoms. The Kier molecular flexibility index (Phi) is 6.25. The molecule has 1 N–H and O–H groups in total. The van der Waals surface area contributed by atoms with Crippen LogP contribution in [0.25, 0.3) is 0 Å². The number of carbonyl (C=O) groups excluding carboxylic acids is 1. The van der Waals surface area contributed by atoms with Crippen molar-refractivity contribution >= 4 is 5.78 Å². The lowest BCUT2D eigenvalue weighted by atomic mass is 9.95. The molecule has 4 heteroatoms. The summed E-state index contributed by atoms with van der Waals surface area (Å²) in [5.74, 6) is -0.0653. The van der Waals surface area contributed by atoms with Crippen LogP contribution in [0.2, 0.25) is 0 Å². The molecule has 0 unspecified atom stereocenters. The zero-order chi connectivity index (χ0) is 18.5. The Balaban J connectivity index is 1.55. The number of nitrogens with zero attached hydrogens (tertiary/aromatic N) is 1. The van der Waals surface area contributed by atoms with E-state index in [9.17, 15) is 9.18 Å². The number of ketones is 1. The fourth-order valence-corrected chi connectivity index (χ4v) is 4.14. The number of Topliss-reactive ketones (excluding diaryl/α,β-unsaturated/α-hetero) is 1. The number of benzene rings is 1. The fraction of sp³-hybridized carbons (Fsp3) is 0.500. The quantitative estimate of drug-likeness (QED) is 0.573. The maximum Gasteiger partial charge on any atom is 0.178 e. The van der Waals surface area contributed by atoms with Crippen molar-refractivity contribution in [3.63, 3.8) is 0 Å². The molecule has 0 amide bonds. The van der Waals surface area contributed by atoms with Gasteiger partial charge in [0.1, 0.15) is 5.82 Å². The molecule has 140 valence electrons. The topological polar surface area (TPSA) is 34.0 Å². The largest absolute Gasteiger partial charge is 0.345 e. The van der Waals surface area contributed by atoms with Crippen LogP contribution in [0.4, 0.5) is 4.39 Å². The number of aryl methyl sites for hydroxylation is 1. The molecule has 3 nitrogen and oxygen atoms in total. The summed E-state index contributed by atoms with van der Waals surface area (Å²) in [4.78, 5) is 12.6. The van der Waals surface area contributed by atoms with Crippen molar-refractivity contribution in [2.45, 2.75) is 58.4 Å². The predicted molar refractivity (Wildman–Crippen MR) is 103 cm³/mol. The van der Waals surface area contributed by atoms with E-state index in [4.69, 9.17) is 0 Å². The van der Waals surface area contributed by atoms with Gasteiger partial charge in [0.25, 0.3) is 0 Å². The molecule has 2 aromatic rings. The van der Waals surface area contributed by atoms with Crippen LogP contribution in [0.1, 0.15) is 65.5 Å². The minimum absolute atomic E-state index is 0.152. The lowest BCUT2D eigenvalue weighted by Gasteiger charge is -2.26. The summed E-state index contributed by atoms with van der Waals surface area (Å²) >= 11 is 0. The third kappa shape index (κ3) is 4.42. The summed E-state index contributed by atoms with van der Waals surface area (Å²) in [6, 6.07) is 9.12. The highest BCUT2D eigenvalue weighted by molar-refractivity contribution is 5.99. The Morgan fingerprint density at radius 1 is 1.15 bits per heavy atom. The highest BCUT2D eigenvalue weighted by Gasteiger charge is 2.22. The average molecular weight is 356 g/mol. The molecule has 0 radical (unpaired) electrons. The van der Waals surface area contributed by atoms with Gasteiger partial charge in [0, 0.05) is 23.0 Å². The first kappa shape index (κ1) is 18.8. The Labute approximate surface area is 155 Å². The van der Waals surface area contributed by atoms with Crippen LogP contribution in [-0.2, 0) is 6.42 Å². The Bertz CT molecular complexity index is 742. The molecule has 1 saturated carbocycles. The number of halogens is 1. The SMILES string of the molecule is Cc1cc(C(=O)CNCCc2ccc(F)cc2)c(C)n1C1CCCCC1. The van der Waals surface area contributed by atoms with Gasteiger partial charge in [-0.05, 0) is 63.4 Å². The normalized spacial score (nSPS) is 15.3. The second-order valence-corrected chi connectivity index (χ2v) is 7.42. The summed E-state index contributed by atoms with van der Waals surface area (Å²) in [5.41, 5.74) is 4.23. The zero-order valence-electron chi connectivity index (χ0n) is 15.9. The van der Waals surface area contributed by atoms with E-state index in [-0.39, 0.29) is 11.6 Å². The van der Waals surface area contributed by atoms with Gasteiger partial charge in [-0.2, -0.15) is 0 Å². The van der Waals surface area contributed by atoms with E-state index in [0.717, 1.165) is 23.2 Å². The average Bonchev–Trinajstić information content (AvgIpc) is 2.95. The highest BCUT2D eigenvalue weighted by Crippen LogP contribution is 2.32. The van der Waals surface area contributed by atoms with Crippen molar-refractivity contribution in [2.24, 2.45) is 0 Å². The van der Waals surface area contributed by atoms with Gasteiger partial charge in [0.2, 0.25) is 0 Å². The Morgan fingerprint density at radius 3 is 2.54 bits per heavy atom. The molecule has 0 atom stereocenters. The van der Waals surface area contributed by atoms with Gasteiger partial charge in [-0.1, -0.05) is 31.4 Å². The van der Waals surface area contributed by atoms with E-state index in [1.807, 2.05) is 6.07 Å². The van der Waals surface area contributed by atoms with Gasteiger partial charge in [0.15, 0.2) is 5.78 Å². The minimum atomic E-state index is -0.217. The van der Waals surface area contributed by atoms with Gasteiger partial charge in [-0.15, -0.1) is 0 Å². The van der Waals surface area contributed by atoms with Crippen molar-refractivity contribution in [3.05, 3.63) is 58.7 Å². The van der Waals surface area contributed by atoms with Crippen LogP contribution in [0.15, 0.2) is 30.3 Å². The van der Waals surface area contributed by atoms with Crippen LogP contribution in [0.5, 0.6) is 0 Å². The van der Waals surface area contributed by atoms with E-state index in [1.54, 1.807) is 12.1 Å². The first-order valence-electron chi connectivity index (χ1n) is 9.73. The van der Waals surface area contributed by atoms with Gasteiger partial charge in [0.05, 0.1) is 6.54 Å². The van der Waals surface area contributed by atoms with Crippen molar-refractivity contribution in [1.82, 2.24) is 9.88 Å². The second-order valence-electron chi connectivity index (χ2n) is 7.42. The number of hydrogen-bond donors (Lipinski definition) is 1. The molecule has 1 aromatic carbocycles. The molecule has 1 aliphatic carbocycles. The standard InChI is InChI=1S/C22H29FN2O/c1-16-14-21(17(2)25(16)20-6-4-3-5-7-20)22(26)15-24-13-12-18-8-10-19(23)11-9-18/h8-11,14,20,24H,3-7,12-13,15H2,1-2H3. The van der Waals surface area contributed by atoms with E-state index in [0.29, 0.717) is 19.1 Å². The number of carbonyl (C=O) groups is 1. The van der Waals surface area contributed by atoms with Gasteiger partial charge in [-0.3, -0.25) is 4.79 Å². The highest BCUT2D eigenvalue weighted by atomic mass is 19.1. The van der Waals surface area contributed by atoms with Crippen LogP contribution in [-0.4, -0.2) is 23.4 Å². The second kappa shape index (κ2) is 8.63. The molecule has 0 aliphatic heterocycles. The number of rotatable bonds is 7.